The fourth-order valence-corrected chi connectivity index (χ4v) is 5.06. The minimum absolute atomic E-state index is 0.120. The van der Waals surface area contributed by atoms with Crippen molar-refractivity contribution in [2.24, 2.45) is 23.3 Å². The van der Waals surface area contributed by atoms with Crippen LogP contribution in [-0.2, 0) is 19.1 Å². The van der Waals surface area contributed by atoms with E-state index in [9.17, 15) is 14.4 Å². The van der Waals surface area contributed by atoms with Crippen molar-refractivity contribution in [3.05, 3.63) is 64.6 Å². The second kappa shape index (κ2) is 17.8. The van der Waals surface area contributed by atoms with Crippen LogP contribution in [-0.4, -0.2) is 64.1 Å². The third-order valence-corrected chi connectivity index (χ3v) is 7.67. The molecule has 4 atom stereocenters. The standard InChI is InChI=1S/C34H48ClN7O5/c1-7-25(17-46-32(44)26(36)11-19(2)3)40-34-39-15-21(6)30(42-34)23-14-28(38-16-23)31(43)41-29(22-9-8-10-24(35)13-22)18-47-33(45)27(37)12-20(4)5/h8-10,13-16,19-20,25-27,29,38H,7,11-12,17-18,36-37H2,1-6H3,(H,41,43)(H,39,40,42)/t25-,26?,27?,29-/m1/s1. The zero-order chi connectivity index (χ0) is 34.7. The smallest absolute Gasteiger partial charge is 0.323 e. The van der Waals surface area contributed by atoms with E-state index in [2.05, 4.69) is 25.6 Å². The van der Waals surface area contributed by atoms with Gasteiger partial charge in [-0.2, -0.15) is 0 Å². The maximum atomic E-state index is 13.4. The molecule has 1 aromatic carbocycles. The van der Waals surface area contributed by atoms with Gasteiger partial charge >= 0.3 is 11.9 Å². The first-order valence-corrected chi connectivity index (χ1v) is 16.3. The van der Waals surface area contributed by atoms with Gasteiger partial charge in [0.05, 0.1) is 17.8 Å². The highest BCUT2D eigenvalue weighted by atomic mass is 35.5. The van der Waals surface area contributed by atoms with Gasteiger partial charge in [-0.15, -0.1) is 0 Å². The van der Waals surface area contributed by atoms with Crippen LogP contribution in [0.25, 0.3) is 11.3 Å². The molecule has 0 radical (unpaired) electrons. The summed E-state index contributed by atoms with van der Waals surface area (Å²) in [6.07, 6.45) is 5.05. The molecule has 0 aliphatic carbocycles. The molecule has 256 valence electrons. The molecule has 7 N–H and O–H groups in total. The number of rotatable bonds is 17. The monoisotopic (exact) mass is 669 g/mol. The van der Waals surface area contributed by atoms with Crippen molar-refractivity contribution in [1.29, 1.82) is 0 Å². The van der Waals surface area contributed by atoms with E-state index in [4.69, 9.17) is 32.5 Å². The van der Waals surface area contributed by atoms with Crippen LogP contribution in [0.5, 0.6) is 0 Å². The molecule has 2 aromatic heterocycles. The van der Waals surface area contributed by atoms with Gasteiger partial charge in [0.1, 0.15) is 31.0 Å². The summed E-state index contributed by atoms with van der Waals surface area (Å²) >= 11 is 6.22. The number of hydrogen-bond donors (Lipinski definition) is 5. The van der Waals surface area contributed by atoms with Gasteiger partial charge in [-0.25, -0.2) is 9.97 Å². The van der Waals surface area contributed by atoms with E-state index in [1.165, 1.54) is 0 Å². The molecule has 0 fully saturated rings. The number of amides is 1. The zero-order valence-corrected chi connectivity index (χ0v) is 28.8. The number of aryl methyl sites for hydroxylation is 1. The molecular weight excluding hydrogens is 622 g/mol. The number of nitrogens with one attached hydrogen (secondary N) is 3. The predicted molar refractivity (Wildman–Crippen MR) is 183 cm³/mol. The van der Waals surface area contributed by atoms with Crippen molar-refractivity contribution in [2.45, 2.75) is 85.0 Å². The summed E-state index contributed by atoms with van der Waals surface area (Å²) in [4.78, 5) is 50.4. The maximum Gasteiger partial charge on any atom is 0.323 e. The number of hydrogen-bond acceptors (Lipinski definition) is 10. The highest BCUT2D eigenvalue weighted by Gasteiger charge is 2.23. The summed E-state index contributed by atoms with van der Waals surface area (Å²) in [5.41, 5.74) is 15.0. The van der Waals surface area contributed by atoms with E-state index in [1.54, 1.807) is 42.7 Å². The molecule has 0 aliphatic heterocycles. The third-order valence-electron chi connectivity index (χ3n) is 7.43. The van der Waals surface area contributed by atoms with Gasteiger partial charge in [0, 0.05) is 23.0 Å². The van der Waals surface area contributed by atoms with E-state index in [0.29, 0.717) is 47.1 Å². The Morgan fingerprint density at radius 1 is 0.979 bits per heavy atom. The summed E-state index contributed by atoms with van der Waals surface area (Å²) in [6, 6.07) is 6.32. The zero-order valence-electron chi connectivity index (χ0n) is 28.0. The normalized spacial score (nSPS) is 13.9. The number of H-pyrrole nitrogens is 1. The molecule has 0 saturated carbocycles. The number of esters is 2. The molecule has 0 bridgehead atoms. The highest BCUT2D eigenvalue weighted by Crippen LogP contribution is 2.24. The van der Waals surface area contributed by atoms with Crippen molar-refractivity contribution in [2.75, 3.05) is 18.5 Å². The van der Waals surface area contributed by atoms with Gasteiger partial charge in [0.2, 0.25) is 5.95 Å². The van der Waals surface area contributed by atoms with Crippen LogP contribution in [0.15, 0.2) is 42.7 Å². The van der Waals surface area contributed by atoms with Gasteiger partial charge in [-0.05, 0) is 67.3 Å². The number of anilines is 1. The third kappa shape index (κ3) is 11.6. The summed E-state index contributed by atoms with van der Waals surface area (Å²) in [7, 11) is 0. The molecule has 47 heavy (non-hydrogen) atoms. The van der Waals surface area contributed by atoms with E-state index in [-0.39, 0.29) is 36.8 Å². The molecule has 3 rings (SSSR count). The fourth-order valence-electron chi connectivity index (χ4n) is 4.86. The number of halogens is 1. The summed E-state index contributed by atoms with van der Waals surface area (Å²) in [5.74, 6) is -0.532. The number of carbonyl (C=O) groups is 3. The van der Waals surface area contributed by atoms with Crippen LogP contribution in [0.1, 0.15) is 81.5 Å². The Bertz CT molecular complexity index is 1500. The Kier molecular flexibility index (Phi) is 14.2. The number of benzene rings is 1. The summed E-state index contributed by atoms with van der Waals surface area (Å²) in [6.45, 7) is 11.8. The van der Waals surface area contributed by atoms with Crippen molar-refractivity contribution < 1.29 is 23.9 Å². The molecule has 3 aromatic rings. The Morgan fingerprint density at radius 3 is 2.21 bits per heavy atom. The predicted octanol–water partition coefficient (Wildman–Crippen LogP) is 4.93. The van der Waals surface area contributed by atoms with Crippen LogP contribution in [0.3, 0.4) is 0 Å². The van der Waals surface area contributed by atoms with Crippen molar-refractivity contribution >= 4 is 35.4 Å². The average Bonchev–Trinajstić information content (AvgIpc) is 3.51. The number of aromatic amines is 1. The van der Waals surface area contributed by atoms with E-state index in [1.807, 2.05) is 41.5 Å². The van der Waals surface area contributed by atoms with Gasteiger partial charge in [0.15, 0.2) is 0 Å². The SMILES string of the molecule is CC[C@H](COC(=O)C(N)CC(C)C)Nc1ncc(C)c(-c2c[nH]c(C(=O)N[C@H](COC(=O)C(N)CC(C)C)c3cccc(Cl)c3)c2)n1. The molecule has 0 saturated heterocycles. The Balaban J connectivity index is 1.72. The Labute approximate surface area is 281 Å². The minimum Gasteiger partial charge on any atom is -0.462 e. The van der Waals surface area contributed by atoms with Crippen LogP contribution in [0, 0.1) is 18.8 Å². The van der Waals surface area contributed by atoms with Crippen molar-refractivity contribution in [3.8, 4) is 11.3 Å². The summed E-state index contributed by atoms with van der Waals surface area (Å²) < 4.78 is 11.0. The molecule has 2 heterocycles. The lowest BCUT2D eigenvalue weighted by Gasteiger charge is -2.21. The van der Waals surface area contributed by atoms with Gasteiger partial charge in [0.25, 0.3) is 5.91 Å². The van der Waals surface area contributed by atoms with Crippen molar-refractivity contribution in [1.82, 2.24) is 20.3 Å². The average molecular weight is 670 g/mol. The summed E-state index contributed by atoms with van der Waals surface area (Å²) in [5, 5.41) is 6.65. The van der Waals surface area contributed by atoms with Crippen LogP contribution < -0.4 is 22.1 Å². The van der Waals surface area contributed by atoms with E-state index < -0.39 is 36.0 Å². The second-order valence-electron chi connectivity index (χ2n) is 12.6. The first kappa shape index (κ1) is 37.5. The number of nitrogens with zero attached hydrogens (tertiary/aromatic N) is 2. The van der Waals surface area contributed by atoms with Crippen LogP contribution in [0.4, 0.5) is 5.95 Å². The number of carbonyl (C=O) groups excluding carboxylic acids is 3. The van der Waals surface area contributed by atoms with Crippen LogP contribution in [0.2, 0.25) is 5.02 Å². The lowest BCUT2D eigenvalue weighted by Crippen LogP contribution is -2.37. The number of aromatic nitrogens is 3. The fraction of sp³-hybridized carbons (Fsp3) is 0.500. The molecule has 13 heteroatoms. The second-order valence-corrected chi connectivity index (χ2v) is 13.0. The topological polar surface area (TPSA) is 187 Å². The molecule has 2 unspecified atom stereocenters. The number of ether oxygens (including phenoxy) is 2. The largest absolute Gasteiger partial charge is 0.462 e. The first-order valence-electron chi connectivity index (χ1n) is 16.0. The van der Waals surface area contributed by atoms with Crippen molar-refractivity contribution in [3.63, 3.8) is 0 Å². The highest BCUT2D eigenvalue weighted by molar-refractivity contribution is 6.30. The van der Waals surface area contributed by atoms with E-state index in [0.717, 1.165) is 5.56 Å². The molecule has 1 amide bonds. The van der Waals surface area contributed by atoms with Gasteiger partial charge in [-0.1, -0.05) is 58.4 Å². The van der Waals surface area contributed by atoms with Gasteiger partial charge in [-0.3, -0.25) is 14.4 Å². The van der Waals surface area contributed by atoms with Gasteiger partial charge < -0.3 is 36.6 Å². The molecule has 0 aliphatic rings. The quantitative estimate of drug-likeness (QED) is 0.123. The van der Waals surface area contributed by atoms with Crippen LogP contribution >= 0.6 is 11.6 Å². The lowest BCUT2D eigenvalue weighted by atomic mass is 10.0. The Morgan fingerprint density at radius 2 is 1.62 bits per heavy atom. The minimum atomic E-state index is -0.761. The lowest BCUT2D eigenvalue weighted by molar-refractivity contribution is -0.147. The number of nitrogens with two attached hydrogens (primary N) is 2. The first-order chi connectivity index (χ1) is 22.3. The Hall–Kier alpha value is -4.00. The van der Waals surface area contributed by atoms with E-state index >= 15 is 0 Å². The maximum absolute atomic E-state index is 13.4. The molecule has 12 nitrogen and oxygen atoms in total. The molecular formula is C34H48ClN7O5. The molecule has 0 spiro atoms.